The fraction of sp³-hybridized carbons (Fsp3) is 0.108. The second-order valence-corrected chi connectivity index (χ2v) is 11.7. The van der Waals surface area contributed by atoms with Crippen molar-refractivity contribution in [1.82, 2.24) is 10.2 Å². The van der Waals surface area contributed by atoms with E-state index < -0.39 is 11.9 Å². The van der Waals surface area contributed by atoms with Gasteiger partial charge in [-0.15, -0.1) is 0 Å². The number of aryl methyl sites for hydroxylation is 4. The number of carboxylic acids is 2. The highest BCUT2D eigenvalue weighted by Crippen LogP contribution is 2.26. The van der Waals surface area contributed by atoms with E-state index in [1.54, 1.807) is 18.3 Å². The van der Waals surface area contributed by atoms with E-state index in [4.69, 9.17) is 5.11 Å². The van der Waals surface area contributed by atoms with Crippen LogP contribution in [0.3, 0.4) is 0 Å². The largest absolute Gasteiger partial charge is 0.478 e. The van der Waals surface area contributed by atoms with E-state index in [1.807, 2.05) is 78.9 Å². The van der Waals surface area contributed by atoms with Gasteiger partial charge in [0.2, 0.25) is 0 Å². The van der Waals surface area contributed by atoms with Crippen LogP contribution in [0.4, 0.5) is 11.4 Å². The Hall–Kier alpha value is -4.96. The third-order valence-electron chi connectivity index (χ3n) is 7.39. The second kappa shape index (κ2) is 15.2. The number of aromatic amines is 1. The van der Waals surface area contributed by atoms with Gasteiger partial charge in [-0.25, -0.2) is 9.59 Å². The van der Waals surface area contributed by atoms with Gasteiger partial charge in [0.15, 0.2) is 0 Å². The average molecular weight is 710 g/mol. The van der Waals surface area contributed by atoms with Crippen LogP contribution in [0, 0.1) is 3.57 Å². The molecule has 0 fully saturated rings. The predicted molar refractivity (Wildman–Crippen MR) is 187 cm³/mol. The molecule has 0 aliphatic heterocycles. The summed E-state index contributed by atoms with van der Waals surface area (Å²) in [6.07, 6.45) is 5.41. The van der Waals surface area contributed by atoms with Crippen molar-refractivity contribution >= 4 is 56.8 Å². The Morgan fingerprint density at radius 2 is 1.20 bits per heavy atom. The summed E-state index contributed by atoms with van der Waals surface area (Å²) in [5, 5.41) is 29.6. The zero-order chi connectivity index (χ0) is 31.6. The normalized spacial score (nSPS) is 10.6. The number of carbonyl (C=O) groups is 2. The van der Waals surface area contributed by atoms with Crippen LogP contribution < -0.4 is 5.32 Å². The van der Waals surface area contributed by atoms with Gasteiger partial charge >= 0.3 is 11.9 Å². The molecule has 0 radical (unpaired) electrons. The number of fused-ring (bicyclic) bond motifs is 1. The Labute approximate surface area is 275 Å². The highest BCUT2D eigenvalue weighted by Gasteiger charge is 2.12. The van der Waals surface area contributed by atoms with Crippen molar-refractivity contribution in [2.75, 3.05) is 5.32 Å². The molecular weight excluding hydrogens is 677 g/mol. The van der Waals surface area contributed by atoms with Crippen molar-refractivity contribution in [3.05, 3.63) is 158 Å². The zero-order valence-electron chi connectivity index (χ0n) is 24.4. The maximum Gasteiger partial charge on any atom is 0.337 e. The van der Waals surface area contributed by atoms with E-state index in [0.717, 1.165) is 51.4 Å². The summed E-state index contributed by atoms with van der Waals surface area (Å²) in [7, 11) is 0. The van der Waals surface area contributed by atoms with Gasteiger partial charge in [-0.05, 0) is 113 Å². The van der Waals surface area contributed by atoms with Crippen LogP contribution in [0.2, 0.25) is 0 Å². The fourth-order valence-corrected chi connectivity index (χ4v) is 5.78. The minimum Gasteiger partial charge on any atom is -0.478 e. The summed E-state index contributed by atoms with van der Waals surface area (Å²) in [6.45, 7) is 0. The molecule has 5 aromatic carbocycles. The first kappa shape index (κ1) is 31.5. The first-order chi connectivity index (χ1) is 21.9. The van der Waals surface area contributed by atoms with Crippen molar-refractivity contribution in [3.8, 4) is 0 Å². The third-order valence-corrected chi connectivity index (χ3v) is 8.28. The molecule has 8 heteroatoms. The Balaban J connectivity index is 0.000000194. The van der Waals surface area contributed by atoms with Gasteiger partial charge in [0.1, 0.15) is 0 Å². The van der Waals surface area contributed by atoms with Gasteiger partial charge in [-0.3, -0.25) is 5.10 Å². The second-order valence-electron chi connectivity index (χ2n) is 10.6. The van der Waals surface area contributed by atoms with Crippen molar-refractivity contribution in [3.63, 3.8) is 0 Å². The van der Waals surface area contributed by atoms with Crippen LogP contribution in [0.5, 0.6) is 0 Å². The molecule has 0 amide bonds. The monoisotopic (exact) mass is 709 g/mol. The number of nitrogens with zero attached hydrogens (tertiary/aromatic N) is 1. The lowest BCUT2D eigenvalue weighted by Gasteiger charge is -2.12. The molecule has 6 aromatic rings. The summed E-state index contributed by atoms with van der Waals surface area (Å²) in [4.78, 5) is 22.5. The van der Waals surface area contributed by atoms with Crippen molar-refractivity contribution < 1.29 is 19.8 Å². The Bertz CT molecular complexity index is 1910. The van der Waals surface area contributed by atoms with E-state index in [9.17, 15) is 14.7 Å². The van der Waals surface area contributed by atoms with Crippen molar-refractivity contribution in [2.45, 2.75) is 25.7 Å². The number of nitrogens with one attached hydrogen (secondary N) is 2. The van der Waals surface area contributed by atoms with Gasteiger partial charge < -0.3 is 15.5 Å². The molecule has 4 N–H and O–H groups in total. The van der Waals surface area contributed by atoms with E-state index >= 15 is 0 Å². The summed E-state index contributed by atoms with van der Waals surface area (Å²) >= 11 is 2.07. The van der Waals surface area contributed by atoms with Gasteiger partial charge in [-0.2, -0.15) is 5.10 Å². The van der Waals surface area contributed by atoms with Crippen LogP contribution in [0.15, 0.2) is 121 Å². The number of aromatic nitrogens is 2. The number of H-pyrrole nitrogens is 1. The molecule has 0 atom stereocenters. The summed E-state index contributed by atoms with van der Waals surface area (Å²) in [6, 6.07) is 37.3. The number of benzene rings is 5. The topological polar surface area (TPSA) is 115 Å². The molecule has 1 heterocycles. The standard InChI is InChI=1S/C22H19N3O2.C15H13IO2/c26-22(27)19-10-8-16(7-6-15-4-2-1-3-5-15)12-21(19)24-18-9-11-20-17(13-18)14-23-25-20;16-14-10-12(8-9-13(14)15(17)18)7-6-11-4-2-1-3-5-11/h1-5,8-14,24H,6-7H2,(H,23,25)(H,26,27);1-5,8-10H,6-7H2,(H,17,18). The molecule has 0 bridgehead atoms. The maximum absolute atomic E-state index is 11.6. The predicted octanol–water partition coefficient (Wildman–Crippen LogP) is 8.56. The molecule has 7 nitrogen and oxygen atoms in total. The number of aromatic carboxylic acids is 2. The number of anilines is 2. The molecule has 0 saturated heterocycles. The number of hydrogen-bond donors (Lipinski definition) is 4. The molecule has 226 valence electrons. The summed E-state index contributed by atoms with van der Waals surface area (Å²) in [5.41, 5.74) is 7.82. The Kier molecular flexibility index (Phi) is 10.6. The minimum absolute atomic E-state index is 0.255. The molecule has 1 aromatic heterocycles. The van der Waals surface area contributed by atoms with Crippen molar-refractivity contribution in [1.29, 1.82) is 0 Å². The first-order valence-electron chi connectivity index (χ1n) is 14.5. The number of carboxylic acid groups (broad SMARTS) is 2. The highest BCUT2D eigenvalue weighted by atomic mass is 127. The first-order valence-corrected chi connectivity index (χ1v) is 15.6. The van der Waals surface area contributed by atoms with Crippen LogP contribution in [0.1, 0.15) is 43.0 Å². The van der Waals surface area contributed by atoms with E-state index in [0.29, 0.717) is 11.3 Å². The minimum atomic E-state index is -0.948. The molecule has 6 rings (SSSR count). The number of rotatable bonds is 10. The number of halogens is 1. The molecule has 0 aliphatic rings. The molecule has 0 saturated carbocycles. The Morgan fingerprint density at radius 1 is 0.644 bits per heavy atom. The van der Waals surface area contributed by atoms with E-state index in [-0.39, 0.29) is 5.56 Å². The maximum atomic E-state index is 11.6. The average Bonchev–Trinajstić information content (AvgIpc) is 3.52. The van der Waals surface area contributed by atoms with Crippen molar-refractivity contribution in [2.24, 2.45) is 0 Å². The Morgan fingerprint density at radius 3 is 1.78 bits per heavy atom. The molecule has 45 heavy (non-hydrogen) atoms. The SMILES string of the molecule is O=C(O)c1ccc(CCc2ccccc2)cc1I.O=C(O)c1ccc(CCc2ccccc2)cc1Nc1ccc2[nH]ncc2c1. The van der Waals surface area contributed by atoms with Crippen LogP contribution >= 0.6 is 22.6 Å². The van der Waals surface area contributed by atoms with E-state index in [2.05, 4.69) is 62.4 Å². The molecule has 0 spiro atoms. The van der Waals surface area contributed by atoms with Gasteiger partial charge in [-0.1, -0.05) is 72.8 Å². The lowest BCUT2D eigenvalue weighted by molar-refractivity contribution is 0.0686. The molecular formula is C37H32IN3O4. The lowest BCUT2D eigenvalue weighted by atomic mass is 10.0. The highest BCUT2D eigenvalue weighted by molar-refractivity contribution is 14.1. The summed E-state index contributed by atoms with van der Waals surface area (Å²) < 4.78 is 0.797. The molecule has 0 unspecified atom stereocenters. The van der Waals surface area contributed by atoms with Crippen LogP contribution in [-0.2, 0) is 25.7 Å². The van der Waals surface area contributed by atoms with Gasteiger partial charge in [0.05, 0.1) is 28.5 Å². The summed E-state index contributed by atoms with van der Waals surface area (Å²) in [5.74, 6) is -1.81. The van der Waals surface area contributed by atoms with Gasteiger partial charge in [0.25, 0.3) is 0 Å². The third kappa shape index (κ3) is 8.79. The lowest BCUT2D eigenvalue weighted by Crippen LogP contribution is -2.04. The van der Waals surface area contributed by atoms with Gasteiger partial charge in [0, 0.05) is 14.6 Å². The van der Waals surface area contributed by atoms with E-state index in [1.165, 1.54) is 16.7 Å². The zero-order valence-corrected chi connectivity index (χ0v) is 26.6. The van der Waals surface area contributed by atoms with Crippen LogP contribution in [0.25, 0.3) is 10.9 Å². The fourth-order valence-electron chi connectivity index (χ4n) is 4.97. The number of hydrogen-bond acceptors (Lipinski definition) is 4. The van der Waals surface area contributed by atoms with Crippen LogP contribution in [-0.4, -0.2) is 32.3 Å². The quantitative estimate of drug-likeness (QED) is 0.106. The molecule has 0 aliphatic carbocycles. The smallest absolute Gasteiger partial charge is 0.337 e.